The lowest BCUT2D eigenvalue weighted by Gasteiger charge is -2.00. The van der Waals surface area contributed by atoms with E-state index >= 15 is 0 Å². The fourth-order valence-electron chi connectivity index (χ4n) is 1.27. The van der Waals surface area contributed by atoms with Crippen molar-refractivity contribution in [2.24, 2.45) is 0 Å². The quantitative estimate of drug-likeness (QED) is 0.888. The van der Waals surface area contributed by atoms with Crippen LogP contribution in [0, 0.1) is 0 Å². The highest BCUT2D eigenvalue weighted by Crippen LogP contribution is 2.26. The molecule has 5 heteroatoms. The van der Waals surface area contributed by atoms with Crippen molar-refractivity contribution >= 4 is 17.5 Å². The first-order valence-electron chi connectivity index (χ1n) is 4.55. The molecule has 4 nitrogen and oxygen atoms in total. The number of methoxy groups -OCH3 is 1. The standard InChI is InChI=1S/C11H9NO3S/c1-15-8-4-2-7(3-5-8)10-6-9(11(13)14)12-16-10/h2-6H,1H3,(H,13,14). The second-order valence-electron chi connectivity index (χ2n) is 3.11. The van der Waals surface area contributed by atoms with Crippen molar-refractivity contribution in [1.82, 2.24) is 4.37 Å². The summed E-state index contributed by atoms with van der Waals surface area (Å²) in [6, 6.07) is 8.97. The smallest absolute Gasteiger partial charge is 0.355 e. The van der Waals surface area contributed by atoms with Crippen LogP contribution >= 0.6 is 11.5 Å². The molecular weight excluding hydrogens is 226 g/mol. The first-order chi connectivity index (χ1) is 7.70. The number of nitrogens with zero attached hydrogens (tertiary/aromatic N) is 1. The van der Waals surface area contributed by atoms with Crippen molar-refractivity contribution in [2.75, 3.05) is 7.11 Å². The Balaban J connectivity index is 2.31. The molecule has 0 atom stereocenters. The number of aromatic nitrogens is 1. The lowest BCUT2D eigenvalue weighted by Crippen LogP contribution is -1.94. The maximum absolute atomic E-state index is 10.7. The number of ether oxygens (including phenoxy) is 1. The van der Waals surface area contributed by atoms with Crippen LogP contribution < -0.4 is 4.74 Å². The summed E-state index contributed by atoms with van der Waals surface area (Å²) in [6.45, 7) is 0. The van der Waals surface area contributed by atoms with Crippen LogP contribution in [0.2, 0.25) is 0 Å². The summed E-state index contributed by atoms with van der Waals surface area (Å²) in [5.41, 5.74) is 1.02. The molecule has 2 aromatic rings. The second kappa shape index (κ2) is 4.32. The predicted molar refractivity (Wildman–Crippen MR) is 61.1 cm³/mol. The summed E-state index contributed by atoms with van der Waals surface area (Å²) in [4.78, 5) is 11.5. The monoisotopic (exact) mass is 235 g/mol. The zero-order valence-electron chi connectivity index (χ0n) is 8.51. The van der Waals surface area contributed by atoms with Gasteiger partial charge in [0.15, 0.2) is 5.69 Å². The molecule has 0 fully saturated rings. The van der Waals surface area contributed by atoms with Gasteiger partial charge in [-0.25, -0.2) is 4.79 Å². The average molecular weight is 235 g/mol. The molecule has 0 saturated heterocycles. The van der Waals surface area contributed by atoms with Gasteiger partial charge in [0.2, 0.25) is 0 Å². The van der Waals surface area contributed by atoms with Crippen molar-refractivity contribution in [1.29, 1.82) is 0 Å². The van der Waals surface area contributed by atoms with Crippen molar-refractivity contribution < 1.29 is 14.6 Å². The van der Waals surface area contributed by atoms with Crippen LogP contribution in [0.5, 0.6) is 5.75 Å². The minimum atomic E-state index is -1.00. The molecule has 1 aromatic heterocycles. The highest BCUT2D eigenvalue weighted by atomic mass is 32.1. The summed E-state index contributed by atoms with van der Waals surface area (Å²) >= 11 is 1.17. The van der Waals surface area contributed by atoms with Crippen LogP contribution in [0.4, 0.5) is 0 Å². The fraction of sp³-hybridized carbons (Fsp3) is 0.0909. The van der Waals surface area contributed by atoms with Gasteiger partial charge in [0.1, 0.15) is 5.75 Å². The lowest BCUT2D eigenvalue weighted by atomic mass is 10.2. The molecule has 0 aliphatic rings. The number of carboxylic acid groups (broad SMARTS) is 1. The third-order valence-electron chi connectivity index (χ3n) is 2.10. The number of hydrogen-bond acceptors (Lipinski definition) is 4. The van der Waals surface area contributed by atoms with Gasteiger partial charge in [-0.05, 0) is 47.4 Å². The Hall–Kier alpha value is -1.88. The Kier molecular flexibility index (Phi) is 2.87. The number of carboxylic acids is 1. The summed E-state index contributed by atoms with van der Waals surface area (Å²) in [5.74, 6) is -0.234. The normalized spacial score (nSPS) is 10.1. The minimum Gasteiger partial charge on any atom is -0.497 e. The van der Waals surface area contributed by atoms with E-state index in [0.717, 1.165) is 16.2 Å². The molecule has 1 heterocycles. The maximum atomic E-state index is 10.7. The van der Waals surface area contributed by atoms with Crippen LogP contribution in [0.25, 0.3) is 10.4 Å². The number of hydrogen-bond donors (Lipinski definition) is 1. The van der Waals surface area contributed by atoms with Crippen LogP contribution in [0.3, 0.4) is 0 Å². The van der Waals surface area contributed by atoms with Gasteiger partial charge >= 0.3 is 5.97 Å². The number of aromatic carboxylic acids is 1. The highest BCUT2D eigenvalue weighted by Gasteiger charge is 2.09. The highest BCUT2D eigenvalue weighted by molar-refractivity contribution is 7.09. The maximum Gasteiger partial charge on any atom is 0.355 e. The predicted octanol–water partition coefficient (Wildman–Crippen LogP) is 2.52. The largest absolute Gasteiger partial charge is 0.497 e. The fourth-order valence-corrected chi connectivity index (χ4v) is 2.00. The van der Waals surface area contributed by atoms with Crippen LogP contribution in [0.1, 0.15) is 10.5 Å². The lowest BCUT2D eigenvalue weighted by molar-refractivity contribution is 0.0692. The molecule has 16 heavy (non-hydrogen) atoms. The third kappa shape index (κ3) is 2.04. The number of benzene rings is 1. The molecule has 0 unspecified atom stereocenters. The summed E-state index contributed by atoms with van der Waals surface area (Å²) in [5, 5.41) is 8.75. The zero-order chi connectivity index (χ0) is 11.5. The van der Waals surface area contributed by atoms with Gasteiger partial charge in [-0.3, -0.25) is 0 Å². The first kappa shape index (κ1) is 10.6. The van der Waals surface area contributed by atoms with E-state index in [4.69, 9.17) is 9.84 Å². The number of rotatable bonds is 3. The van der Waals surface area contributed by atoms with E-state index in [1.807, 2.05) is 24.3 Å². The van der Waals surface area contributed by atoms with E-state index in [1.54, 1.807) is 13.2 Å². The van der Waals surface area contributed by atoms with Gasteiger partial charge in [-0.2, -0.15) is 4.37 Å². The molecule has 0 aliphatic carbocycles. The SMILES string of the molecule is COc1ccc(-c2cc(C(=O)O)ns2)cc1. The Morgan fingerprint density at radius 3 is 2.56 bits per heavy atom. The van der Waals surface area contributed by atoms with Gasteiger partial charge < -0.3 is 9.84 Å². The minimum absolute atomic E-state index is 0.0795. The molecule has 1 aromatic carbocycles. The Labute approximate surface area is 96.3 Å². The molecule has 0 aliphatic heterocycles. The Bertz CT molecular complexity index is 504. The van der Waals surface area contributed by atoms with E-state index in [2.05, 4.69) is 4.37 Å². The van der Waals surface area contributed by atoms with E-state index in [9.17, 15) is 4.79 Å². The van der Waals surface area contributed by atoms with Crippen LogP contribution in [-0.4, -0.2) is 22.6 Å². The van der Waals surface area contributed by atoms with E-state index in [1.165, 1.54) is 11.5 Å². The molecule has 2 rings (SSSR count). The van der Waals surface area contributed by atoms with E-state index in [-0.39, 0.29) is 5.69 Å². The van der Waals surface area contributed by atoms with Crippen LogP contribution in [-0.2, 0) is 0 Å². The van der Waals surface area contributed by atoms with Crippen molar-refractivity contribution in [3.63, 3.8) is 0 Å². The molecule has 0 amide bonds. The second-order valence-corrected chi connectivity index (χ2v) is 3.92. The van der Waals surface area contributed by atoms with Crippen LogP contribution in [0.15, 0.2) is 30.3 Å². The average Bonchev–Trinajstić information content (AvgIpc) is 2.78. The third-order valence-corrected chi connectivity index (χ3v) is 2.94. The summed E-state index contributed by atoms with van der Waals surface area (Å²) in [6.07, 6.45) is 0. The molecule has 0 radical (unpaired) electrons. The molecule has 0 spiro atoms. The molecule has 0 bridgehead atoms. The van der Waals surface area contributed by atoms with Crippen molar-refractivity contribution in [3.05, 3.63) is 36.0 Å². The summed E-state index contributed by atoms with van der Waals surface area (Å²) < 4.78 is 8.89. The van der Waals surface area contributed by atoms with Crippen molar-refractivity contribution in [3.8, 4) is 16.2 Å². The molecule has 82 valence electrons. The summed E-state index contributed by atoms with van der Waals surface area (Å²) in [7, 11) is 1.60. The van der Waals surface area contributed by atoms with E-state index < -0.39 is 5.97 Å². The number of carbonyl (C=O) groups is 1. The molecular formula is C11H9NO3S. The molecule has 0 saturated carbocycles. The van der Waals surface area contributed by atoms with Gasteiger partial charge in [0.25, 0.3) is 0 Å². The Morgan fingerprint density at radius 2 is 2.06 bits per heavy atom. The van der Waals surface area contributed by atoms with Gasteiger partial charge in [-0.1, -0.05) is 0 Å². The molecule has 1 N–H and O–H groups in total. The Morgan fingerprint density at radius 1 is 1.38 bits per heavy atom. The van der Waals surface area contributed by atoms with Crippen molar-refractivity contribution in [2.45, 2.75) is 0 Å². The van der Waals surface area contributed by atoms with Gasteiger partial charge in [0.05, 0.1) is 12.0 Å². The zero-order valence-corrected chi connectivity index (χ0v) is 9.32. The van der Waals surface area contributed by atoms with Gasteiger partial charge in [0, 0.05) is 0 Å². The van der Waals surface area contributed by atoms with Gasteiger partial charge in [-0.15, -0.1) is 0 Å². The first-order valence-corrected chi connectivity index (χ1v) is 5.32. The topological polar surface area (TPSA) is 59.4 Å². The van der Waals surface area contributed by atoms with E-state index in [0.29, 0.717) is 0 Å².